The van der Waals surface area contributed by atoms with E-state index in [2.05, 4.69) is 30.1 Å². The summed E-state index contributed by atoms with van der Waals surface area (Å²) >= 11 is 0. The van der Waals surface area contributed by atoms with Crippen molar-refractivity contribution in [3.05, 3.63) is 35.4 Å². The van der Waals surface area contributed by atoms with Gasteiger partial charge in [0, 0.05) is 18.2 Å². The third kappa shape index (κ3) is 4.57. The minimum absolute atomic E-state index is 0.0925. The van der Waals surface area contributed by atoms with E-state index in [1.165, 1.54) is 12.8 Å². The zero-order valence-electron chi connectivity index (χ0n) is 13.5. The quantitative estimate of drug-likeness (QED) is 0.878. The van der Waals surface area contributed by atoms with E-state index in [1.807, 2.05) is 0 Å². The van der Waals surface area contributed by atoms with E-state index in [4.69, 9.17) is 5.26 Å². The molecule has 1 fully saturated rings. The van der Waals surface area contributed by atoms with Crippen molar-refractivity contribution in [3.63, 3.8) is 0 Å². The maximum atomic E-state index is 12.3. The largest absolute Gasteiger partial charge is 0.350 e. The summed E-state index contributed by atoms with van der Waals surface area (Å²) in [5, 5.41) is 12.0. The van der Waals surface area contributed by atoms with Gasteiger partial charge in [-0.05, 0) is 56.5 Å². The molecule has 1 saturated heterocycles. The lowest BCUT2D eigenvalue weighted by atomic mass is 10.0. The van der Waals surface area contributed by atoms with Crippen LogP contribution in [0.5, 0.6) is 0 Å². The zero-order chi connectivity index (χ0) is 15.9. The molecule has 118 valence electrons. The Morgan fingerprint density at radius 3 is 2.73 bits per heavy atom. The number of carbonyl (C=O) groups excluding carboxylic acids is 1. The smallest absolute Gasteiger partial charge is 0.251 e. The highest BCUT2D eigenvalue weighted by Crippen LogP contribution is 2.17. The molecule has 1 aliphatic rings. The van der Waals surface area contributed by atoms with E-state index < -0.39 is 0 Å². The number of likely N-dealkylation sites (tertiary alicyclic amines) is 1. The number of hydrogen-bond acceptors (Lipinski definition) is 3. The summed E-state index contributed by atoms with van der Waals surface area (Å²) in [6.45, 7) is 7.39. The molecule has 1 aliphatic heterocycles. The summed E-state index contributed by atoms with van der Waals surface area (Å²) in [5.74, 6) is 0.523. The SMILES string of the molecule is CC(C)CC(CNC(=O)c1cccc(C#N)c1)N1CCCC1. The first-order valence-corrected chi connectivity index (χ1v) is 8.12. The number of nitrogens with one attached hydrogen (secondary N) is 1. The van der Waals surface area contributed by atoms with E-state index in [9.17, 15) is 4.79 Å². The second-order valence-electron chi connectivity index (χ2n) is 6.43. The Balaban J connectivity index is 1.95. The summed E-state index contributed by atoms with van der Waals surface area (Å²) in [7, 11) is 0. The molecule has 1 unspecified atom stereocenters. The van der Waals surface area contributed by atoms with Crippen LogP contribution in [0, 0.1) is 17.2 Å². The highest BCUT2D eigenvalue weighted by atomic mass is 16.1. The Hall–Kier alpha value is -1.86. The minimum Gasteiger partial charge on any atom is -0.350 e. The van der Waals surface area contributed by atoms with Crippen molar-refractivity contribution in [2.75, 3.05) is 19.6 Å². The maximum Gasteiger partial charge on any atom is 0.251 e. The molecule has 0 radical (unpaired) electrons. The van der Waals surface area contributed by atoms with Gasteiger partial charge in [-0.1, -0.05) is 19.9 Å². The molecular formula is C18H25N3O. The molecule has 1 amide bonds. The second kappa shape index (κ2) is 7.95. The van der Waals surface area contributed by atoms with Gasteiger partial charge in [0.2, 0.25) is 0 Å². The first-order chi connectivity index (χ1) is 10.6. The lowest BCUT2D eigenvalue weighted by Crippen LogP contribution is -2.43. The van der Waals surface area contributed by atoms with Crippen LogP contribution in [-0.2, 0) is 0 Å². The maximum absolute atomic E-state index is 12.3. The van der Waals surface area contributed by atoms with Crippen LogP contribution in [0.1, 0.15) is 49.0 Å². The van der Waals surface area contributed by atoms with Crippen LogP contribution >= 0.6 is 0 Å². The molecule has 0 aliphatic carbocycles. The normalized spacial score (nSPS) is 16.5. The van der Waals surface area contributed by atoms with Crippen LogP contribution in [-0.4, -0.2) is 36.5 Å². The average molecular weight is 299 g/mol. The van der Waals surface area contributed by atoms with Crippen LogP contribution in [0.2, 0.25) is 0 Å². The average Bonchev–Trinajstić information content (AvgIpc) is 3.05. The second-order valence-corrected chi connectivity index (χ2v) is 6.43. The van der Waals surface area contributed by atoms with Gasteiger partial charge in [0.1, 0.15) is 0 Å². The fourth-order valence-corrected chi connectivity index (χ4v) is 3.05. The lowest BCUT2D eigenvalue weighted by Gasteiger charge is -2.29. The first kappa shape index (κ1) is 16.5. The summed E-state index contributed by atoms with van der Waals surface area (Å²) in [6, 6.07) is 9.33. The fourth-order valence-electron chi connectivity index (χ4n) is 3.05. The molecular weight excluding hydrogens is 274 g/mol. The van der Waals surface area contributed by atoms with E-state index in [0.717, 1.165) is 19.5 Å². The molecule has 1 N–H and O–H groups in total. The minimum atomic E-state index is -0.0925. The van der Waals surface area contributed by atoms with E-state index >= 15 is 0 Å². The first-order valence-electron chi connectivity index (χ1n) is 8.12. The van der Waals surface area contributed by atoms with Gasteiger partial charge in [0.25, 0.3) is 5.91 Å². The van der Waals surface area contributed by atoms with E-state index in [1.54, 1.807) is 24.3 Å². The number of benzene rings is 1. The van der Waals surface area contributed by atoms with Gasteiger partial charge in [0.15, 0.2) is 0 Å². The molecule has 1 aromatic rings. The molecule has 1 atom stereocenters. The Labute approximate surface area is 133 Å². The van der Waals surface area contributed by atoms with Crippen LogP contribution in [0.25, 0.3) is 0 Å². The molecule has 1 heterocycles. The topological polar surface area (TPSA) is 56.1 Å². The summed E-state index contributed by atoms with van der Waals surface area (Å²) in [6.07, 6.45) is 3.61. The van der Waals surface area contributed by atoms with Gasteiger partial charge in [-0.15, -0.1) is 0 Å². The van der Waals surface area contributed by atoms with Crippen molar-refractivity contribution >= 4 is 5.91 Å². The van der Waals surface area contributed by atoms with Crippen molar-refractivity contribution in [1.29, 1.82) is 5.26 Å². The third-order valence-electron chi connectivity index (χ3n) is 4.15. The van der Waals surface area contributed by atoms with Crippen molar-refractivity contribution in [2.45, 2.75) is 39.2 Å². The molecule has 2 rings (SSSR count). The van der Waals surface area contributed by atoms with Gasteiger partial charge in [0.05, 0.1) is 11.6 Å². The van der Waals surface area contributed by atoms with Gasteiger partial charge in [-0.25, -0.2) is 0 Å². The fraction of sp³-hybridized carbons (Fsp3) is 0.556. The van der Waals surface area contributed by atoms with Gasteiger partial charge in [-0.2, -0.15) is 5.26 Å². The molecule has 0 spiro atoms. The molecule has 4 heteroatoms. The van der Waals surface area contributed by atoms with Crippen molar-refractivity contribution in [1.82, 2.24) is 10.2 Å². The van der Waals surface area contributed by atoms with Crippen molar-refractivity contribution in [3.8, 4) is 6.07 Å². The van der Waals surface area contributed by atoms with Crippen LogP contribution in [0.3, 0.4) is 0 Å². The number of rotatable bonds is 6. The van der Waals surface area contributed by atoms with Crippen LogP contribution < -0.4 is 5.32 Å². The summed E-state index contributed by atoms with van der Waals surface area (Å²) in [4.78, 5) is 14.8. The van der Waals surface area contributed by atoms with Crippen LogP contribution in [0.4, 0.5) is 0 Å². The van der Waals surface area contributed by atoms with Crippen molar-refractivity contribution < 1.29 is 4.79 Å². The Kier molecular flexibility index (Phi) is 5.97. The van der Waals surface area contributed by atoms with Crippen molar-refractivity contribution in [2.24, 2.45) is 5.92 Å². The Morgan fingerprint density at radius 2 is 2.09 bits per heavy atom. The number of nitrogens with zero attached hydrogens (tertiary/aromatic N) is 2. The molecule has 0 aromatic heterocycles. The number of amides is 1. The predicted octanol–water partition coefficient (Wildman–Crippen LogP) is 2.80. The monoisotopic (exact) mass is 299 g/mol. The molecule has 4 nitrogen and oxygen atoms in total. The highest BCUT2D eigenvalue weighted by Gasteiger charge is 2.23. The highest BCUT2D eigenvalue weighted by molar-refractivity contribution is 5.94. The van der Waals surface area contributed by atoms with Crippen LogP contribution in [0.15, 0.2) is 24.3 Å². The number of nitriles is 1. The van der Waals surface area contributed by atoms with Gasteiger partial charge >= 0.3 is 0 Å². The summed E-state index contributed by atoms with van der Waals surface area (Å²) < 4.78 is 0. The van der Waals surface area contributed by atoms with E-state index in [0.29, 0.717) is 29.6 Å². The molecule has 22 heavy (non-hydrogen) atoms. The molecule has 0 saturated carbocycles. The third-order valence-corrected chi connectivity index (χ3v) is 4.15. The van der Waals surface area contributed by atoms with E-state index in [-0.39, 0.29) is 5.91 Å². The number of hydrogen-bond donors (Lipinski definition) is 1. The van der Waals surface area contributed by atoms with Gasteiger partial charge < -0.3 is 5.32 Å². The number of carbonyl (C=O) groups is 1. The Bertz CT molecular complexity index is 542. The summed E-state index contributed by atoms with van der Waals surface area (Å²) in [5.41, 5.74) is 1.08. The lowest BCUT2D eigenvalue weighted by molar-refractivity contribution is 0.0933. The van der Waals surface area contributed by atoms with Gasteiger partial charge in [-0.3, -0.25) is 9.69 Å². The molecule has 1 aromatic carbocycles. The zero-order valence-corrected chi connectivity index (χ0v) is 13.5. The predicted molar refractivity (Wildman–Crippen MR) is 87.5 cm³/mol. The standard InChI is InChI=1S/C18H25N3O/c1-14(2)10-17(21-8-3-4-9-21)13-20-18(22)16-7-5-6-15(11-16)12-19/h5-7,11,14,17H,3-4,8-10,13H2,1-2H3,(H,20,22). The Morgan fingerprint density at radius 1 is 1.36 bits per heavy atom. The molecule has 0 bridgehead atoms.